The van der Waals surface area contributed by atoms with E-state index in [0.717, 1.165) is 31.7 Å². The fraction of sp³-hybridized carbons (Fsp3) is 0.760. The van der Waals surface area contributed by atoms with E-state index in [1.54, 1.807) is 4.80 Å². The Labute approximate surface area is 229 Å². The molecule has 0 aliphatic carbocycles. The fourth-order valence-corrected chi connectivity index (χ4v) is 21.0. The smallest absolute Gasteiger partial charge is 0.314 e. The van der Waals surface area contributed by atoms with Gasteiger partial charge in [-0.25, -0.2) is 8.78 Å². The van der Waals surface area contributed by atoms with Gasteiger partial charge in [0.05, 0.1) is 22.7 Å². The van der Waals surface area contributed by atoms with Crippen molar-refractivity contribution in [1.82, 2.24) is 15.0 Å². The molecule has 37 heavy (non-hydrogen) atoms. The zero-order valence-electron chi connectivity index (χ0n) is 25.7. The fourth-order valence-electron chi connectivity index (χ4n) is 5.05. The lowest BCUT2D eigenvalue weighted by Gasteiger charge is -2.38. The highest BCUT2D eigenvalue weighted by Gasteiger charge is 2.40. The van der Waals surface area contributed by atoms with Crippen LogP contribution in [0.15, 0.2) is 0 Å². The summed E-state index contributed by atoms with van der Waals surface area (Å²) in [4.78, 5) is 1.68. The molecule has 0 spiro atoms. The summed E-state index contributed by atoms with van der Waals surface area (Å²) in [5, 5.41) is 10.4. The van der Waals surface area contributed by atoms with Gasteiger partial charge < -0.3 is 8.23 Å². The Morgan fingerprint density at radius 1 is 0.595 bits per heavy atom. The van der Waals surface area contributed by atoms with Crippen LogP contribution in [-0.4, -0.2) is 56.3 Å². The number of nitrogens with zero attached hydrogens (tertiary/aromatic N) is 3. The first-order valence-electron chi connectivity index (χ1n) is 13.7. The standard InChI is InChI=1S/C25H51F2N3O2Si5/c1-33(2,3)24-20(26)21(27)25(34(4,5)6)23-22(24)28-30(29-23)18-16-14-15-17-19-37(13,31-35(7,8)9)32-36(10,11)12/h14-19H2,1-13H3. The summed E-state index contributed by atoms with van der Waals surface area (Å²) in [6.45, 7) is 28.6. The van der Waals surface area contributed by atoms with Gasteiger partial charge in [-0.1, -0.05) is 58.5 Å². The normalized spacial score (nSPS) is 14.1. The Balaban J connectivity index is 2.13. The average Bonchev–Trinajstić information content (AvgIpc) is 3.02. The highest BCUT2D eigenvalue weighted by atomic mass is 28.5. The molecular weight excluding hydrogens is 553 g/mol. The summed E-state index contributed by atoms with van der Waals surface area (Å²) in [5.41, 5.74) is 1.15. The third-order valence-electron chi connectivity index (χ3n) is 6.04. The number of aryl methyl sites for hydroxylation is 1. The molecule has 5 nitrogen and oxygen atoms in total. The van der Waals surface area contributed by atoms with E-state index in [0.29, 0.717) is 28.0 Å². The largest absolute Gasteiger partial charge is 0.437 e. The van der Waals surface area contributed by atoms with Crippen LogP contribution in [0.25, 0.3) is 11.0 Å². The van der Waals surface area contributed by atoms with Crippen LogP contribution in [0.2, 0.25) is 91.2 Å². The van der Waals surface area contributed by atoms with Crippen LogP contribution in [0.5, 0.6) is 0 Å². The van der Waals surface area contributed by atoms with Crippen molar-refractivity contribution in [3.63, 3.8) is 0 Å². The van der Waals surface area contributed by atoms with E-state index in [4.69, 9.17) is 18.4 Å². The van der Waals surface area contributed by atoms with Gasteiger partial charge in [0.25, 0.3) is 0 Å². The van der Waals surface area contributed by atoms with Crippen molar-refractivity contribution in [3.05, 3.63) is 11.6 Å². The van der Waals surface area contributed by atoms with E-state index >= 15 is 8.78 Å². The molecule has 12 heteroatoms. The molecule has 0 bridgehead atoms. The molecular formula is C25H51F2N3O2Si5. The molecule has 0 radical (unpaired) electrons. The van der Waals surface area contributed by atoms with Gasteiger partial charge in [0.2, 0.25) is 0 Å². The summed E-state index contributed by atoms with van der Waals surface area (Å²) in [7, 11) is -9.91. The van der Waals surface area contributed by atoms with Gasteiger partial charge in [-0.3, -0.25) is 0 Å². The first-order valence-corrected chi connectivity index (χ1v) is 30.1. The number of rotatable bonds is 13. The maximum absolute atomic E-state index is 15.3. The molecule has 0 saturated heterocycles. The van der Waals surface area contributed by atoms with Crippen molar-refractivity contribution >= 4 is 62.8 Å². The van der Waals surface area contributed by atoms with Gasteiger partial charge in [-0.05, 0) is 58.3 Å². The highest BCUT2D eigenvalue weighted by molar-refractivity contribution is 6.92. The summed E-state index contributed by atoms with van der Waals surface area (Å²) in [6.07, 6.45) is 4.16. The van der Waals surface area contributed by atoms with Gasteiger partial charge in [0.15, 0.2) is 28.3 Å². The lowest BCUT2D eigenvalue weighted by Crippen LogP contribution is -2.52. The van der Waals surface area contributed by atoms with Crippen molar-refractivity contribution in [3.8, 4) is 0 Å². The number of benzene rings is 1. The molecule has 1 aromatic carbocycles. The van der Waals surface area contributed by atoms with Crippen molar-refractivity contribution in [2.45, 2.75) is 123 Å². The van der Waals surface area contributed by atoms with Crippen molar-refractivity contribution in [1.29, 1.82) is 0 Å². The van der Waals surface area contributed by atoms with E-state index < -0.39 is 53.0 Å². The number of aromatic nitrogens is 3. The van der Waals surface area contributed by atoms with Gasteiger partial charge in [-0.15, -0.1) is 0 Å². The maximum Gasteiger partial charge on any atom is 0.314 e. The number of hydrogen-bond acceptors (Lipinski definition) is 4. The summed E-state index contributed by atoms with van der Waals surface area (Å²) >= 11 is 0. The van der Waals surface area contributed by atoms with Crippen molar-refractivity contribution in [2.24, 2.45) is 0 Å². The third-order valence-corrected chi connectivity index (χ3v) is 19.6. The van der Waals surface area contributed by atoms with Gasteiger partial charge >= 0.3 is 8.56 Å². The molecule has 0 atom stereocenters. The van der Waals surface area contributed by atoms with E-state index in [1.807, 2.05) is 39.3 Å². The molecule has 2 rings (SSSR count). The summed E-state index contributed by atoms with van der Waals surface area (Å²) in [6, 6.07) is 1.02. The van der Waals surface area contributed by atoms with E-state index in [-0.39, 0.29) is 0 Å². The van der Waals surface area contributed by atoms with Crippen molar-refractivity contribution < 1.29 is 17.0 Å². The second-order valence-electron chi connectivity index (χ2n) is 14.6. The minimum absolute atomic E-state index is 0.460. The Bertz CT molecular complexity index is 1010. The lowest BCUT2D eigenvalue weighted by atomic mass is 10.2. The van der Waals surface area contributed by atoms with Crippen LogP contribution in [0, 0.1) is 11.6 Å². The van der Waals surface area contributed by atoms with Crippen LogP contribution in [0.3, 0.4) is 0 Å². The first kappa shape index (κ1) is 32.7. The first-order chi connectivity index (χ1) is 16.5. The molecule has 0 fully saturated rings. The molecule has 0 N–H and O–H groups in total. The monoisotopic (exact) mass is 603 g/mol. The highest BCUT2D eigenvalue weighted by Crippen LogP contribution is 2.27. The average molecular weight is 604 g/mol. The van der Waals surface area contributed by atoms with Crippen LogP contribution < -0.4 is 10.4 Å². The van der Waals surface area contributed by atoms with E-state index in [1.165, 1.54) is 0 Å². The quantitative estimate of drug-likeness (QED) is 0.180. The Hall–Kier alpha value is -0.516. The summed E-state index contributed by atoms with van der Waals surface area (Å²) < 4.78 is 43.9. The predicted molar refractivity (Wildman–Crippen MR) is 167 cm³/mol. The molecule has 1 aromatic heterocycles. The van der Waals surface area contributed by atoms with Gasteiger partial charge in [0, 0.05) is 10.4 Å². The minimum Gasteiger partial charge on any atom is -0.437 e. The molecule has 212 valence electrons. The van der Waals surface area contributed by atoms with Gasteiger partial charge in [-0.2, -0.15) is 15.0 Å². The van der Waals surface area contributed by atoms with Crippen LogP contribution in [0.1, 0.15) is 25.7 Å². The molecule has 0 aliphatic rings. The van der Waals surface area contributed by atoms with Gasteiger partial charge in [0.1, 0.15) is 11.0 Å². The number of hydrogen-bond donors (Lipinski definition) is 0. The molecule has 0 aliphatic heterocycles. The maximum atomic E-state index is 15.3. The Morgan fingerprint density at radius 3 is 1.32 bits per heavy atom. The zero-order valence-corrected chi connectivity index (χ0v) is 30.7. The molecule has 1 heterocycles. The van der Waals surface area contributed by atoms with Crippen LogP contribution >= 0.6 is 0 Å². The second kappa shape index (κ2) is 11.5. The topological polar surface area (TPSA) is 49.2 Å². The molecule has 0 saturated carbocycles. The Morgan fingerprint density at radius 2 is 0.973 bits per heavy atom. The number of halogens is 2. The van der Waals surface area contributed by atoms with Crippen LogP contribution in [-0.2, 0) is 14.8 Å². The predicted octanol–water partition coefficient (Wildman–Crippen LogP) is 7.14. The van der Waals surface area contributed by atoms with Crippen molar-refractivity contribution in [2.75, 3.05) is 0 Å². The molecule has 2 aromatic rings. The second-order valence-corrected chi connectivity index (χ2v) is 37.4. The molecule has 0 unspecified atom stereocenters. The van der Waals surface area contributed by atoms with E-state index in [9.17, 15) is 0 Å². The van der Waals surface area contributed by atoms with Crippen LogP contribution in [0.4, 0.5) is 8.78 Å². The summed E-state index contributed by atoms with van der Waals surface area (Å²) in [5.74, 6) is -1.41. The zero-order chi connectivity index (χ0) is 28.6. The van der Waals surface area contributed by atoms with E-state index in [2.05, 4.69) is 45.8 Å². The minimum atomic E-state index is -2.20. The number of fused-ring (bicyclic) bond motifs is 1. The number of unbranched alkanes of at least 4 members (excludes halogenated alkanes) is 3. The lowest BCUT2D eigenvalue weighted by molar-refractivity contribution is 0.379. The SMILES string of the molecule is C[Si](C)(C)O[Si](C)(CCCCCCn1nc2c([Si](C)(C)C)c(F)c(F)c([Si](C)(C)C)c2n1)O[Si](C)(C)C. The third kappa shape index (κ3) is 9.28. The molecule has 0 amide bonds. The Kier molecular flexibility index (Phi) is 10.2.